The number of rotatable bonds is 28. The van der Waals surface area contributed by atoms with Crippen molar-refractivity contribution >= 4 is 11.4 Å². The van der Waals surface area contributed by atoms with Crippen molar-refractivity contribution in [1.82, 2.24) is 0 Å². The molecule has 2 nitrogen and oxygen atoms in total. The topological polar surface area (TPSA) is 25.3 Å². The summed E-state index contributed by atoms with van der Waals surface area (Å²) in [6.07, 6.45) is 35.8. The average Bonchev–Trinajstić information content (AvgIpc) is 3.56. The molecule has 3 rings (SSSR count). The van der Waals surface area contributed by atoms with E-state index in [1.807, 2.05) is 0 Å². The van der Waals surface area contributed by atoms with Crippen LogP contribution in [0.3, 0.4) is 0 Å². The minimum Gasteiger partial charge on any atom is -0.493 e. The van der Waals surface area contributed by atoms with Gasteiger partial charge in [-0.25, -0.2) is 4.70 Å². The molecule has 0 aliphatic carbocycles. The van der Waals surface area contributed by atoms with Crippen LogP contribution >= 0.6 is 0 Å². The van der Waals surface area contributed by atoms with E-state index in [-0.39, 0.29) is 16.5 Å². The SMILES string of the molecule is CCCCCc1cc(C2=CC(CCCC)=C(c3cc(CCCC)c(CCCC)c(CCCC)c3)[N+]2=[N-])cc(CCCCC)c1CCCCC.[CH2-]CCC.[CH2-]CCC.[Ni+2]. The molecule has 2 aromatic rings. The Morgan fingerprint density at radius 1 is 0.414 bits per heavy atom. The predicted molar refractivity (Wildman–Crippen MR) is 257 cm³/mol. The Morgan fingerprint density at radius 2 is 0.724 bits per heavy atom. The zero-order valence-corrected chi connectivity index (χ0v) is 40.8. The maximum Gasteiger partial charge on any atom is 2.00 e. The largest absolute Gasteiger partial charge is 2.00 e. The molecule has 332 valence electrons. The van der Waals surface area contributed by atoms with Crippen LogP contribution in [0, 0.1) is 13.8 Å². The van der Waals surface area contributed by atoms with Crippen LogP contribution in [0.4, 0.5) is 0 Å². The zero-order valence-electron chi connectivity index (χ0n) is 39.8. The van der Waals surface area contributed by atoms with Gasteiger partial charge in [-0.2, -0.15) is 12.8 Å². The third kappa shape index (κ3) is 20.0. The molecule has 58 heavy (non-hydrogen) atoms. The maximum absolute atomic E-state index is 12.3. The van der Waals surface area contributed by atoms with Crippen LogP contribution in [0.25, 0.3) is 16.9 Å². The second-order valence-corrected chi connectivity index (χ2v) is 16.8. The molecule has 0 radical (unpaired) electrons. The monoisotopic (exact) mass is 839 g/mol. The van der Waals surface area contributed by atoms with Gasteiger partial charge in [0, 0.05) is 22.8 Å². The van der Waals surface area contributed by atoms with Crippen LogP contribution < -0.4 is 0 Å². The van der Waals surface area contributed by atoms with Gasteiger partial charge < -0.3 is 19.4 Å². The fraction of sp³-hybridized carbons (Fsp3) is 0.673. The molecule has 0 N–H and O–H groups in total. The Balaban J connectivity index is 0.00000329. The normalized spacial score (nSPS) is 12.2. The first-order valence-electron chi connectivity index (χ1n) is 24.6. The Labute approximate surface area is 372 Å². The van der Waals surface area contributed by atoms with E-state index in [4.69, 9.17) is 0 Å². The van der Waals surface area contributed by atoms with Gasteiger partial charge in [-0.05, 0) is 148 Å². The third-order valence-corrected chi connectivity index (χ3v) is 11.5. The first kappa shape index (κ1) is 56.0. The van der Waals surface area contributed by atoms with Gasteiger partial charge in [0.25, 0.3) is 0 Å². The quantitative estimate of drug-likeness (QED) is 0.0353. The standard InChI is InChI=1S/C47H74N2.2C4H9.Ni/c1-8-15-22-28-39-32-42(33-40(29-23-16-9-2)45(39)31-24-17-10-3)46-36-41(27-20-13-6)47(49(46)48)43-34-37(25-18-11-4)44(30-21-14-7)38(35-43)26-19-12-5;2*1-3-4-2;/h32-36H,8-31H2,1-7H3;2*1,3-4H2,2H3;/q;2*-1;+2. The number of hydrogen-bond acceptors (Lipinski definition) is 0. The summed E-state index contributed by atoms with van der Waals surface area (Å²) in [6, 6.07) is 9.90. The maximum atomic E-state index is 12.3. The Hall–Kier alpha value is -1.99. The molecule has 0 unspecified atom stereocenters. The van der Waals surface area contributed by atoms with Crippen molar-refractivity contribution in [3.63, 3.8) is 0 Å². The summed E-state index contributed by atoms with van der Waals surface area (Å²) in [5.74, 6) is 0. The van der Waals surface area contributed by atoms with Gasteiger partial charge in [0.05, 0.1) is 0 Å². The molecule has 0 atom stereocenters. The molecule has 2 aromatic carbocycles. The molecule has 0 spiro atoms. The van der Waals surface area contributed by atoms with Crippen molar-refractivity contribution in [2.75, 3.05) is 0 Å². The molecule has 1 aliphatic rings. The first-order valence-corrected chi connectivity index (χ1v) is 24.6. The van der Waals surface area contributed by atoms with Crippen molar-refractivity contribution in [3.8, 4) is 0 Å². The molecular weight excluding hydrogens is 747 g/mol. The van der Waals surface area contributed by atoms with E-state index in [0.717, 1.165) is 69.2 Å². The number of allylic oxidation sites excluding steroid dienone is 2. The van der Waals surface area contributed by atoms with Crippen LogP contribution in [-0.4, -0.2) is 4.70 Å². The van der Waals surface area contributed by atoms with E-state index >= 15 is 0 Å². The van der Waals surface area contributed by atoms with Gasteiger partial charge in [-0.1, -0.05) is 139 Å². The molecule has 0 fully saturated rings. The second kappa shape index (κ2) is 35.7. The summed E-state index contributed by atoms with van der Waals surface area (Å²) in [5.41, 5.74) is 27.4. The van der Waals surface area contributed by atoms with Gasteiger partial charge in [0.2, 0.25) is 11.4 Å². The Kier molecular flexibility index (Phi) is 34.5. The van der Waals surface area contributed by atoms with E-state index in [2.05, 4.69) is 107 Å². The van der Waals surface area contributed by atoms with E-state index in [0.29, 0.717) is 0 Å². The summed E-state index contributed by atoms with van der Waals surface area (Å²) in [5, 5.41) is 0. The van der Waals surface area contributed by atoms with Crippen LogP contribution in [0.1, 0.15) is 248 Å². The van der Waals surface area contributed by atoms with Crippen molar-refractivity contribution in [1.29, 1.82) is 0 Å². The number of benzene rings is 2. The molecule has 0 amide bonds. The van der Waals surface area contributed by atoms with E-state index in [1.165, 1.54) is 161 Å². The average molecular weight is 840 g/mol. The van der Waals surface area contributed by atoms with Crippen molar-refractivity contribution in [2.45, 2.75) is 242 Å². The third-order valence-electron chi connectivity index (χ3n) is 11.5. The molecular formula is C55H92N2Ni. The fourth-order valence-electron chi connectivity index (χ4n) is 7.81. The fourth-order valence-corrected chi connectivity index (χ4v) is 7.81. The van der Waals surface area contributed by atoms with Crippen LogP contribution in [0.5, 0.6) is 0 Å². The predicted octanol–water partition coefficient (Wildman–Crippen LogP) is 18.1. The minimum absolute atomic E-state index is 0. The van der Waals surface area contributed by atoms with E-state index < -0.39 is 0 Å². The smallest absolute Gasteiger partial charge is 0.493 e. The summed E-state index contributed by atoms with van der Waals surface area (Å²) in [7, 11) is 0. The van der Waals surface area contributed by atoms with E-state index in [9.17, 15) is 5.53 Å². The Bertz CT molecular complexity index is 1360. The first-order chi connectivity index (χ1) is 27.8. The summed E-state index contributed by atoms with van der Waals surface area (Å²) < 4.78 is 1.61. The van der Waals surface area contributed by atoms with E-state index in [1.54, 1.807) is 15.8 Å². The molecule has 0 saturated carbocycles. The van der Waals surface area contributed by atoms with Crippen LogP contribution in [-0.2, 0) is 55.0 Å². The number of unbranched alkanes of at least 4 members (excludes halogenated alkanes) is 12. The van der Waals surface area contributed by atoms with Crippen LogP contribution in [0.2, 0.25) is 0 Å². The van der Waals surface area contributed by atoms with Gasteiger partial charge in [-0.15, -0.1) is 0 Å². The summed E-state index contributed by atoms with van der Waals surface area (Å²) in [4.78, 5) is 0. The number of nitrogens with zero attached hydrogens (tertiary/aromatic N) is 2. The van der Waals surface area contributed by atoms with Gasteiger partial charge >= 0.3 is 16.5 Å². The minimum atomic E-state index is 0. The van der Waals surface area contributed by atoms with Gasteiger partial charge in [-0.3, -0.25) is 0 Å². The summed E-state index contributed by atoms with van der Waals surface area (Å²) >= 11 is 0. The molecule has 1 heterocycles. The molecule has 0 aromatic heterocycles. The Morgan fingerprint density at radius 3 is 1.10 bits per heavy atom. The molecule has 3 heteroatoms. The molecule has 1 aliphatic heterocycles. The zero-order chi connectivity index (χ0) is 42.3. The van der Waals surface area contributed by atoms with Crippen LogP contribution in [0.15, 0.2) is 35.9 Å². The van der Waals surface area contributed by atoms with Crippen molar-refractivity contribution in [3.05, 3.63) is 99.8 Å². The van der Waals surface area contributed by atoms with Gasteiger partial charge in [0.15, 0.2) is 0 Å². The molecule has 0 bridgehead atoms. The number of aryl methyl sites for hydroxylation is 4. The van der Waals surface area contributed by atoms with Gasteiger partial charge in [0.1, 0.15) is 0 Å². The molecule has 0 saturated heterocycles. The second-order valence-electron chi connectivity index (χ2n) is 16.8. The number of hydrogen-bond donors (Lipinski definition) is 0. The van der Waals surface area contributed by atoms with Crippen molar-refractivity contribution in [2.24, 2.45) is 0 Å². The van der Waals surface area contributed by atoms with Crippen molar-refractivity contribution < 1.29 is 21.2 Å². The summed E-state index contributed by atoms with van der Waals surface area (Å²) in [6.45, 7) is 27.6.